The highest BCUT2D eigenvalue weighted by atomic mass is 79.9. The third-order valence-electron chi connectivity index (χ3n) is 2.62. The second-order valence-corrected chi connectivity index (χ2v) is 7.61. The van der Waals surface area contributed by atoms with Crippen LogP contribution in [0.2, 0.25) is 0 Å². The molecule has 21 heavy (non-hydrogen) atoms. The molecule has 6 heteroatoms. The molecule has 0 aromatic carbocycles. The lowest BCUT2D eigenvalue weighted by Crippen LogP contribution is -2.25. The smallest absolute Gasteiger partial charge is 0.262 e. The van der Waals surface area contributed by atoms with E-state index in [2.05, 4.69) is 39.2 Å². The van der Waals surface area contributed by atoms with Crippen LogP contribution in [0.5, 0.6) is 0 Å². The van der Waals surface area contributed by atoms with Crippen molar-refractivity contribution in [3.63, 3.8) is 0 Å². The van der Waals surface area contributed by atoms with Crippen LogP contribution in [-0.2, 0) is 6.42 Å². The number of halogens is 1. The van der Waals surface area contributed by atoms with Crippen LogP contribution in [0.25, 0.3) is 0 Å². The Kier molecular flexibility index (Phi) is 6.46. The fourth-order valence-electron chi connectivity index (χ4n) is 1.66. The quantitative estimate of drug-likeness (QED) is 0.778. The third-order valence-corrected chi connectivity index (χ3v) is 5.21. The van der Waals surface area contributed by atoms with Crippen LogP contribution < -0.4 is 5.32 Å². The van der Waals surface area contributed by atoms with Gasteiger partial charge in [0.15, 0.2) is 0 Å². The number of aliphatic hydroxyl groups excluding tert-OH is 1. The minimum absolute atomic E-state index is 0.0367. The Hall–Kier alpha value is -1.13. The average Bonchev–Trinajstić information content (AvgIpc) is 3.08. The predicted octanol–water partition coefficient (Wildman–Crippen LogP) is 3.28. The first-order valence-electron chi connectivity index (χ1n) is 6.40. The van der Waals surface area contributed by atoms with Gasteiger partial charge in [0.1, 0.15) is 4.88 Å². The molecular weight excluding hydrogens is 370 g/mol. The number of rotatable bonds is 5. The third kappa shape index (κ3) is 4.97. The molecule has 110 valence electrons. The van der Waals surface area contributed by atoms with Crippen molar-refractivity contribution in [3.8, 4) is 11.8 Å². The van der Waals surface area contributed by atoms with Crippen molar-refractivity contribution in [2.24, 2.45) is 0 Å². The maximum absolute atomic E-state index is 12.1. The molecule has 0 unspecified atom stereocenters. The van der Waals surface area contributed by atoms with Gasteiger partial charge < -0.3 is 10.4 Å². The molecule has 3 nitrogen and oxygen atoms in total. The first-order valence-corrected chi connectivity index (χ1v) is 8.89. The number of aliphatic hydroxyl groups is 1. The van der Waals surface area contributed by atoms with E-state index in [1.807, 2.05) is 17.5 Å². The van der Waals surface area contributed by atoms with Crippen LogP contribution in [0.4, 0.5) is 0 Å². The molecule has 0 aliphatic carbocycles. The summed E-state index contributed by atoms with van der Waals surface area (Å²) in [5.74, 6) is 5.67. The van der Waals surface area contributed by atoms with Crippen LogP contribution in [0.15, 0.2) is 27.4 Å². The molecule has 0 saturated heterocycles. The van der Waals surface area contributed by atoms with Gasteiger partial charge in [0.25, 0.3) is 5.91 Å². The fraction of sp³-hybridized carbons (Fsp3) is 0.267. The standard InChI is InChI=1S/C15H14BrNO2S2/c16-13-5-4-12(21-13)6-8-17-15(19)14-11(7-10-20-14)3-1-2-9-18/h4-5,7,10,18H,2,6,8-9H2,(H,17,19). The highest BCUT2D eigenvalue weighted by Crippen LogP contribution is 2.22. The number of nitrogens with one attached hydrogen (secondary N) is 1. The molecule has 0 aliphatic rings. The molecule has 0 fully saturated rings. The Balaban J connectivity index is 1.89. The minimum Gasteiger partial charge on any atom is -0.395 e. The fourth-order valence-corrected chi connectivity index (χ4v) is 3.91. The number of amides is 1. The normalized spacial score (nSPS) is 10.0. The first-order chi connectivity index (χ1) is 10.2. The minimum atomic E-state index is -0.0890. The Bertz CT molecular complexity index is 667. The molecule has 0 spiro atoms. The molecule has 0 bridgehead atoms. The largest absolute Gasteiger partial charge is 0.395 e. The number of thiophene rings is 2. The van der Waals surface area contributed by atoms with Gasteiger partial charge in [0, 0.05) is 23.4 Å². The van der Waals surface area contributed by atoms with Gasteiger partial charge in [-0.3, -0.25) is 4.79 Å². The van der Waals surface area contributed by atoms with E-state index in [1.165, 1.54) is 16.2 Å². The van der Waals surface area contributed by atoms with Gasteiger partial charge in [-0.25, -0.2) is 0 Å². The van der Waals surface area contributed by atoms with Crippen molar-refractivity contribution in [1.82, 2.24) is 5.32 Å². The molecular formula is C15H14BrNO2S2. The van der Waals surface area contributed by atoms with Crippen LogP contribution in [0.3, 0.4) is 0 Å². The van der Waals surface area contributed by atoms with Crippen molar-refractivity contribution < 1.29 is 9.90 Å². The molecule has 2 rings (SSSR count). The number of hydrogen-bond acceptors (Lipinski definition) is 4. The summed E-state index contributed by atoms with van der Waals surface area (Å²) in [7, 11) is 0. The van der Waals surface area contributed by atoms with E-state index in [0.717, 1.165) is 15.8 Å². The van der Waals surface area contributed by atoms with Crippen LogP contribution in [0.1, 0.15) is 26.5 Å². The number of hydrogen-bond donors (Lipinski definition) is 2. The molecule has 0 saturated carbocycles. The van der Waals surface area contributed by atoms with Crippen molar-refractivity contribution in [3.05, 3.63) is 42.7 Å². The van der Waals surface area contributed by atoms with Gasteiger partial charge in [0.05, 0.1) is 10.4 Å². The first kappa shape index (κ1) is 16.2. The summed E-state index contributed by atoms with van der Waals surface area (Å²) in [5.41, 5.74) is 0.727. The average molecular weight is 384 g/mol. The summed E-state index contributed by atoms with van der Waals surface area (Å²) in [6, 6.07) is 5.90. The lowest BCUT2D eigenvalue weighted by Gasteiger charge is -2.03. The van der Waals surface area contributed by atoms with Crippen molar-refractivity contribution in [1.29, 1.82) is 0 Å². The van der Waals surface area contributed by atoms with Crippen molar-refractivity contribution in [2.45, 2.75) is 12.8 Å². The lowest BCUT2D eigenvalue weighted by atomic mass is 10.2. The number of carbonyl (C=O) groups is 1. The SMILES string of the molecule is O=C(NCCc1ccc(Br)s1)c1sccc1C#CCCO. The maximum Gasteiger partial charge on any atom is 0.262 e. The van der Waals surface area contributed by atoms with E-state index in [4.69, 9.17) is 5.11 Å². The van der Waals surface area contributed by atoms with Gasteiger partial charge in [-0.2, -0.15) is 0 Å². The Labute approximate surface area is 140 Å². The van der Waals surface area contributed by atoms with Crippen molar-refractivity contribution >= 4 is 44.5 Å². The summed E-state index contributed by atoms with van der Waals surface area (Å²) in [5, 5.41) is 13.5. The molecule has 0 aliphatic heterocycles. The van der Waals surface area contributed by atoms with Crippen LogP contribution in [0, 0.1) is 11.8 Å². The molecule has 2 aromatic heterocycles. The monoisotopic (exact) mass is 383 g/mol. The summed E-state index contributed by atoms with van der Waals surface area (Å²) >= 11 is 6.48. The van der Waals surface area contributed by atoms with E-state index in [0.29, 0.717) is 17.8 Å². The van der Waals surface area contributed by atoms with E-state index < -0.39 is 0 Å². The van der Waals surface area contributed by atoms with E-state index >= 15 is 0 Å². The number of carbonyl (C=O) groups excluding carboxylic acids is 1. The molecule has 2 N–H and O–H groups in total. The Morgan fingerprint density at radius 3 is 2.95 bits per heavy atom. The predicted molar refractivity (Wildman–Crippen MR) is 91.0 cm³/mol. The van der Waals surface area contributed by atoms with Gasteiger partial charge >= 0.3 is 0 Å². The zero-order chi connectivity index (χ0) is 15.1. The van der Waals surface area contributed by atoms with E-state index in [9.17, 15) is 4.79 Å². The summed E-state index contributed by atoms with van der Waals surface area (Å²) in [6.07, 6.45) is 1.24. The summed E-state index contributed by atoms with van der Waals surface area (Å²) in [4.78, 5) is 14.0. The van der Waals surface area contributed by atoms with E-state index in [1.54, 1.807) is 11.3 Å². The Morgan fingerprint density at radius 1 is 1.38 bits per heavy atom. The molecule has 0 atom stereocenters. The zero-order valence-electron chi connectivity index (χ0n) is 11.2. The van der Waals surface area contributed by atoms with Crippen LogP contribution in [-0.4, -0.2) is 24.2 Å². The van der Waals surface area contributed by atoms with Crippen molar-refractivity contribution in [2.75, 3.05) is 13.2 Å². The second kappa shape index (κ2) is 8.35. The topological polar surface area (TPSA) is 49.3 Å². The second-order valence-electron chi connectivity index (χ2n) is 4.15. The van der Waals surface area contributed by atoms with Gasteiger partial charge in [-0.15, -0.1) is 22.7 Å². The highest BCUT2D eigenvalue weighted by Gasteiger charge is 2.11. The summed E-state index contributed by atoms with van der Waals surface area (Å²) in [6.45, 7) is 0.641. The molecule has 2 heterocycles. The molecule has 0 radical (unpaired) electrons. The van der Waals surface area contributed by atoms with Crippen LogP contribution >= 0.6 is 38.6 Å². The van der Waals surface area contributed by atoms with Gasteiger partial charge in [-0.05, 0) is 45.9 Å². The summed E-state index contributed by atoms with van der Waals surface area (Å²) < 4.78 is 1.10. The maximum atomic E-state index is 12.1. The van der Waals surface area contributed by atoms with Gasteiger partial charge in [-0.1, -0.05) is 11.8 Å². The molecule has 1 amide bonds. The van der Waals surface area contributed by atoms with E-state index in [-0.39, 0.29) is 12.5 Å². The zero-order valence-corrected chi connectivity index (χ0v) is 14.4. The Morgan fingerprint density at radius 2 is 2.24 bits per heavy atom. The molecule has 2 aromatic rings. The lowest BCUT2D eigenvalue weighted by molar-refractivity contribution is 0.0958. The highest BCUT2D eigenvalue weighted by molar-refractivity contribution is 9.11. The van der Waals surface area contributed by atoms with Gasteiger partial charge in [0.2, 0.25) is 0 Å².